The molecule has 5 unspecified atom stereocenters. The summed E-state index contributed by atoms with van der Waals surface area (Å²) in [6, 6.07) is 6.64. The van der Waals surface area contributed by atoms with Gasteiger partial charge in [0.2, 0.25) is 5.91 Å². The van der Waals surface area contributed by atoms with E-state index in [2.05, 4.69) is 10.6 Å². The molecule has 4 bridgehead atoms. The second-order valence-corrected chi connectivity index (χ2v) is 10.3. The molecule has 5 aliphatic rings. The summed E-state index contributed by atoms with van der Waals surface area (Å²) in [6.07, 6.45) is 5.44. The SMILES string of the molecule is CC(C(=O)NC1C2CC3CC1CC(O)(C3)C2)C1CCNCC1Oc1ccccc1F. The smallest absolute Gasteiger partial charge is 0.223 e. The minimum Gasteiger partial charge on any atom is -0.486 e. The summed E-state index contributed by atoms with van der Waals surface area (Å²) in [6.45, 7) is 3.43. The number of para-hydroxylation sites is 1. The molecule has 0 radical (unpaired) electrons. The third-order valence-electron chi connectivity index (χ3n) is 8.20. The maximum Gasteiger partial charge on any atom is 0.223 e. The van der Waals surface area contributed by atoms with Crippen LogP contribution < -0.4 is 15.4 Å². The average Bonchev–Trinajstić information content (AvgIpc) is 2.71. The summed E-state index contributed by atoms with van der Waals surface area (Å²) in [5.74, 6) is 1.21. The highest BCUT2D eigenvalue weighted by Gasteiger charge is 2.55. The third kappa shape index (κ3) is 3.73. The van der Waals surface area contributed by atoms with Gasteiger partial charge in [0, 0.05) is 24.4 Å². The van der Waals surface area contributed by atoms with Crippen LogP contribution >= 0.6 is 0 Å². The fourth-order valence-corrected chi connectivity index (χ4v) is 6.96. The Balaban J connectivity index is 1.25. The van der Waals surface area contributed by atoms with Crippen molar-refractivity contribution in [3.63, 3.8) is 0 Å². The molecule has 6 heteroatoms. The van der Waals surface area contributed by atoms with E-state index in [-0.39, 0.29) is 41.5 Å². The number of ether oxygens (including phenoxy) is 1. The van der Waals surface area contributed by atoms with Crippen LogP contribution in [0.25, 0.3) is 0 Å². The van der Waals surface area contributed by atoms with E-state index in [0.717, 1.165) is 45.1 Å². The van der Waals surface area contributed by atoms with E-state index < -0.39 is 5.60 Å². The molecule has 30 heavy (non-hydrogen) atoms. The van der Waals surface area contributed by atoms with Crippen molar-refractivity contribution in [2.45, 2.75) is 63.2 Å². The van der Waals surface area contributed by atoms with Crippen LogP contribution in [0.2, 0.25) is 0 Å². The van der Waals surface area contributed by atoms with E-state index in [4.69, 9.17) is 4.74 Å². The number of benzene rings is 1. The zero-order chi connectivity index (χ0) is 20.9. The summed E-state index contributed by atoms with van der Waals surface area (Å²) in [4.78, 5) is 13.3. The van der Waals surface area contributed by atoms with Crippen molar-refractivity contribution in [2.75, 3.05) is 13.1 Å². The number of carbonyl (C=O) groups excluding carboxylic acids is 1. The zero-order valence-electron chi connectivity index (χ0n) is 17.6. The van der Waals surface area contributed by atoms with E-state index in [1.54, 1.807) is 18.2 Å². The lowest BCUT2D eigenvalue weighted by Crippen LogP contribution is -2.62. The minimum atomic E-state index is -0.489. The van der Waals surface area contributed by atoms with Gasteiger partial charge in [0.1, 0.15) is 6.10 Å². The van der Waals surface area contributed by atoms with E-state index in [9.17, 15) is 14.3 Å². The van der Waals surface area contributed by atoms with Crippen molar-refractivity contribution in [2.24, 2.45) is 29.6 Å². The molecule has 0 spiro atoms. The summed E-state index contributed by atoms with van der Waals surface area (Å²) in [7, 11) is 0. The molecule has 1 aliphatic heterocycles. The monoisotopic (exact) mass is 416 g/mol. The largest absolute Gasteiger partial charge is 0.486 e. The van der Waals surface area contributed by atoms with Gasteiger partial charge < -0.3 is 20.5 Å². The molecule has 4 saturated carbocycles. The molecule has 3 N–H and O–H groups in total. The molecule has 164 valence electrons. The van der Waals surface area contributed by atoms with Gasteiger partial charge in [-0.25, -0.2) is 4.39 Å². The maximum atomic E-state index is 14.1. The summed E-state index contributed by atoms with van der Waals surface area (Å²) >= 11 is 0. The van der Waals surface area contributed by atoms with Crippen LogP contribution in [0.15, 0.2) is 24.3 Å². The van der Waals surface area contributed by atoms with Crippen LogP contribution in [-0.2, 0) is 4.79 Å². The normalized spacial score (nSPS) is 40.8. The number of hydrogen-bond donors (Lipinski definition) is 3. The number of nitrogens with one attached hydrogen (secondary N) is 2. The summed E-state index contributed by atoms with van der Waals surface area (Å²) in [5.41, 5.74) is -0.489. The Morgan fingerprint density at radius 1 is 1.27 bits per heavy atom. The van der Waals surface area contributed by atoms with Crippen molar-refractivity contribution < 1.29 is 19.0 Å². The molecular formula is C24H33FN2O3. The van der Waals surface area contributed by atoms with Crippen LogP contribution in [0.4, 0.5) is 4.39 Å². The van der Waals surface area contributed by atoms with Gasteiger partial charge in [-0.05, 0) is 75.0 Å². The van der Waals surface area contributed by atoms with E-state index >= 15 is 0 Å². The highest BCUT2D eigenvalue weighted by molar-refractivity contribution is 5.79. The van der Waals surface area contributed by atoms with Gasteiger partial charge in [0.05, 0.1) is 5.60 Å². The van der Waals surface area contributed by atoms with Gasteiger partial charge in [0.15, 0.2) is 11.6 Å². The highest BCUT2D eigenvalue weighted by atomic mass is 19.1. The van der Waals surface area contributed by atoms with Gasteiger partial charge in [0.25, 0.3) is 0 Å². The van der Waals surface area contributed by atoms with Crippen LogP contribution in [0.5, 0.6) is 5.75 Å². The number of piperidine rings is 1. The Morgan fingerprint density at radius 2 is 2.00 bits per heavy atom. The van der Waals surface area contributed by atoms with Gasteiger partial charge in [-0.1, -0.05) is 19.1 Å². The lowest BCUT2D eigenvalue weighted by atomic mass is 9.52. The Labute approximate surface area is 177 Å². The zero-order valence-corrected chi connectivity index (χ0v) is 17.6. The number of rotatable bonds is 5. The van der Waals surface area contributed by atoms with Crippen molar-refractivity contribution >= 4 is 5.91 Å². The molecule has 4 aliphatic carbocycles. The molecule has 5 atom stereocenters. The standard InChI is InChI=1S/C24H33FN2O3/c1-14(18-6-7-26-13-21(18)30-20-5-3-2-4-19(20)25)23(28)27-22-16-8-15-9-17(22)12-24(29,10-15)11-16/h2-5,14-18,21-22,26,29H,6-13H2,1H3,(H,27,28). The van der Waals surface area contributed by atoms with Gasteiger partial charge in [-0.3, -0.25) is 4.79 Å². The lowest BCUT2D eigenvalue weighted by molar-refractivity contribution is -0.149. The predicted molar refractivity (Wildman–Crippen MR) is 111 cm³/mol. The molecule has 1 aromatic carbocycles. The van der Waals surface area contributed by atoms with Crippen molar-refractivity contribution in [3.8, 4) is 5.75 Å². The molecular weight excluding hydrogens is 383 g/mol. The maximum absolute atomic E-state index is 14.1. The van der Waals surface area contributed by atoms with E-state index in [1.807, 2.05) is 6.92 Å². The van der Waals surface area contributed by atoms with Crippen LogP contribution in [0, 0.1) is 35.4 Å². The summed E-state index contributed by atoms with van der Waals surface area (Å²) in [5, 5.41) is 17.5. The van der Waals surface area contributed by atoms with Crippen LogP contribution in [-0.4, -0.2) is 41.9 Å². The molecule has 5 nitrogen and oxygen atoms in total. The molecule has 5 fully saturated rings. The molecule has 1 aromatic rings. The predicted octanol–water partition coefficient (Wildman–Crippen LogP) is 2.87. The first-order valence-corrected chi connectivity index (χ1v) is 11.6. The van der Waals surface area contributed by atoms with Crippen LogP contribution in [0.1, 0.15) is 45.4 Å². The number of halogens is 1. The Morgan fingerprint density at radius 3 is 2.70 bits per heavy atom. The summed E-state index contributed by atoms with van der Waals surface area (Å²) < 4.78 is 20.1. The van der Waals surface area contributed by atoms with Crippen molar-refractivity contribution in [1.82, 2.24) is 10.6 Å². The van der Waals surface area contributed by atoms with E-state index in [0.29, 0.717) is 24.3 Å². The molecule has 6 rings (SSSR count). The number of hydrogen-bond acceptors (Lipinski definition) is 4. The second-order valence-electron chi connectivity index (χ2n) is 10.3. The fourth-order valence-electron chi connectivity index (χ4n) is 6.96. The van der Waals surface area contributed by atoms with Gasteiger partial charge in [-0.2, -0.15) is 0 Å². The molecule has 1 saturated heterocycles. The quantitative estimate of drug-likeness (QED) is 0.690. The Bertz CT molecular complexity index is 786. The first kappa shape index (κ1) is 20.3. The first-order chi connectivity index (χ1) is 14.4. The van der Waals surface area contributed by atoms with E-state index in [1.165, 1.54) is 6.07 Å². The minimum absolute atomic E-state index is 0.0341. The Kier molecular flexibility index (Phi) is 5.26. The molecule has 1 amide bonds. The molecule has 0 aromatic heterocycles. The lowest BCUT2D eigenvalue weighted by Gasteiger charge is -2.58. The number of aliphatic hydroxyl groups is 1. The van der Waals surface area contributed by atoms with Crippen molar-refractivity contribution in [1.29, 1.82) is 0 Å². The topological polar surface area (TPSA) is 70.6 Å². The fraction of sp³-hybridized carbons (Fsp3) is 0.708. The highest BCUT2D eigenvalue weighted by Crippen LogP contribution is 2.55. The number of amides is 1. The number of carbonyl (C=O) groups is 1. The van der Waals surface area contributed by atoms with Crippen molar-refractivity contribution in [3.05, 3.63) is 30.1 Å². The van der Waals surface area contributed by atoms with Gasteiger partial charge >= 0.3 is 0 Å². The third-order valence-corrected chi connectivity index (χ3v) is 8.20. The first-order valence-electron chi connectivity index (χ1n) is 11.6. The Hall–Kier alpha value is -1.66. The average molecular weight is 417 g/mol. The molecule has 1 heterocycles. The van der Waals surface area contributed by atoms with Gasteiger partial charge in [-0.15, -0.1) is 0 Å². The second kappa shape index (κ2) is 7.79. The van der Waals surface area contributed by atoms with Crippen LogP contribution in [0.3, 0.4) is 0 Å².